The number of rotatable bonds is 6. The zero-order valence-electron chi connectivity index (χ0n) is 14.9. The SMILES string of the molecule is Cc1c(C(=O)NCCC(C)c2ccccc2)cnn1-c1ccccc1F. The quantitative estimate of drug-likeness (QED) is 0.722. The Bertz CT molecular complexity index is 889. The molecule has 0 aliphatic rings. The summed E-state index contributed by atoms with van der Waals surface area (Å²) in [5.41, 5.74) is 2.66. The van der Waals surface area contributed by atoms with Crippen molar-refractivity contribution in [2.75, 3.05) is 6.54 Å². The van der Waals surface area contributed by atoms with Gasteiger partial charge in [0.2, 0.25) is 0 Å². The zero-order chi connectivity index (χ0) is 18.5. The second-order valence-corrected chi connectivity index (χ2v) is 6.36. The number of amides is 1. The van der Waals surface area contributed by atoms with Crippen LogP contribution < -0.4 is 5.32 Å². The fraction of sp³-hybridized carbons (Fsp3) is 0.238. The van der Waals surface area contributed by atoms with Crippen LogP contribution >= 0.6 is 0 Å². The fourth-order valence-electron chi connectivity index (χ4n) is 2.94. The Labute approximate surface area is 152 Å². The van der Waals surface area contributed by atoms with Gasteiger partial charge < -0.3 is 5.32 Å². The minimum atomic E-state index is -0.373. The summed E-state index contributed by atoms with van der Waals surface area (Å²) < 4.78 is 15.4. The molecule has 0 aliphatic carbocycles. The van der Waals surface area contributed by atoms with Crippen LogP contribution in [0.2, 0.25) is 0 Å². The maximum atomic E-state index is 14.0. The molecule has 2 aromatic carbocycles. The number of nitrogens with one attached hydrogen (secondary N) is 1. The molecule has 1 heterocycles. The number of carbonyl (C=O) groups is 1. The van der Waals surface area contributed by atoms with Gasteiger partial charge in [0, 0.05) is 6.54 Å². The Balaban J connectivity index is 1.63. The molecule has 1 N–H and O–H groups in total. The van der Waals surface area contributed by atoms with Crippen LogP contribution in [0.25, 0.3) is 5.69 Å². The standard InChI is InChI=1S/C21H22FN3O/c1-15(17-8-4-3-5-9-17)12-13-23-21(26)18-14-24-25(16(18)2)20-11-7-6-10-19(20)22/h3-11,14-15H,12-13H2,1-2H3,(H,23,26). The van der Waals surface area contributed by atoms with Crippen LogP contribution in [0.5, 0.6) is 0 Å². The lowest BCUT2D eigenvalue weighted by molar-refractivity contribution is 0.0952. The van der Waals surface area contributed by atoms with E-state index in [2.05, 4.69) is 29.5 Å². The molecule has 5 heteroatoms. The lowest BCUT2D eigenvalue weighted by Crippen LogP contribution is -2.25. The third-order valence-electron chi connectivity index (χ3n) is 4.57. The number of hydrogen-bond acceptors (Lipinski definition) is 2. The topological polar surface area (TPSA) is 46.9 Å². The van der Waals surface area contributed by atoms with Crippen LogP contribution in [0, 0.1) is 12.7 Å². The molecule has 0 aliphatic heterocycles. The van der Waals surface area contributed by atoms with Crippen LogP contribution in [0.4, 0.5) is 4.39 Å². The molecule has 1 unspecified atom stereocenters. The first-order chi connectivity index (χ1) is 12.6. The minimum Gasteiger partial charge on any atom is -0.352 e. The number of nitrogens with zero attached hydrogens (tertiary/aromatic N) is 2. The van der Waals surface area contributed by atoms with Crippen LogP contribution in [0.1, 0.15) is 40.9 Å². The van der Waals surface area contributed by atoms with Gasteiger partial charge in [-0.25, -0.2) is 9.07 Å². The van der Waals surface area contributed by atoms with E-state index in [1.165, 1.54) is 22.5 Å². The van der Waals surface area contributed by atoms with Gasteiger partial charge in [0.1, 0.15) is 11.5 Å². The normalized spacial score (nSPS) is 12.0. The Morgan fingerprint density at radius 2 is 1.85 bits per heavy atom. The Morgan fingerprint density at radius 1 is 1.15 bits per heavy atom. The summed E-state index contributed by atoms with van der Waals surface area (Å²) in [6, 6.07) is 16.6. The number of hydrogen-bond donors (Lipinski definition) is 1. The third-order valence-corrected chi connectivity index (χ3v) is 4.57. The molecule has 3 aromatic rings. The van der Waals surface area contributed by atoms with Gasteiger partial charge in [0.15, 0.2) is 0 Å². The summed E-state index contributed by atoms with van der Waals surface area (Å²) in [7, 11) is 0. The van der Waals surface area contributed by atoms with E-state index >= 15 is 0 Å². The van der Waals surface area contributed by atoms with Crippen molar-refractivity contribution < 1.29 is 9.18 Å². The molecule has 3 rings (SSSR count). The van der Waals surface area contributed by atoms with Crippen LogP contribution in [0.15, 0.2) is 60.8 Å². The van der Waals surface area contributed by atoms with E-state index in [4.69, 9.17) is 0 Å². The lowest BCUT2D eigenvalue weighted by Gasteiger charge is -2.12. The Kier molecular flexibility index (Phi) is 5.46. The van der Waals surface area contributed by atoms with Crippen molar-refractivity contribution in [3.05, 3.63) is 83.4 Å². The predicted molar refractivity (Wildman–Crippen MR) is 100 cm³/mol. The molecule has 0 fully saturated rings. The van der Waals surface area contributed by atoms with Crippen molar-refractivity contribution in [1.82, 2.24) is 15.1 Å². The molecule has 1 aromatic heterocycles. The second kappa shape index (κ2) is 7.95. The highest BCUT2D eigenvalue weighted by molar-refractivity contribution is 5.95. The third kappa shape index (κ3) is 3.82. The molecular weight excluding hydrogens is 329 g/mol. The molecule has 0 saturated carbocycles. The van der Waals surface area contributed by atoms with Crippen molar-refractivity contribution in [1.29, 1.82) is 0 Å². The highest BCUT2D eigenvalue weighted by Crippen LogP contribution is 2.19. The van der Waals surface area contributed by atoms with Crippen molar-refractivity contribution in [3.8, 4) is 5.69 Å². The molecule has 0 spiro atoms. The number of aromatic nitrogens is 2. The van der Waals surface area contributed by atoms with Crippen molar-refractivity contribution >= 4 is 5.91 Å². The highest BCUT2D eigenvalue weighted by Gasteiger charge is 2.16. The van der Waals surface area contributed by atoms with E-state index in [1.54, 1.807) is 25.1 Å². The molecule has 0 bridgehead atoms. The predicted octanol–water partition coefficient (Wildman–Crippen LogP) is 4.24. The van der Waals surface area contributed by atoms with Crippen LogP contribution in [-0.4, -0.2) is 22.2 Å². The summed E-state index contributed by atoms with van der Waals surface area (Å²) in [6.45, 7) is 4.48. The molecule has 1 atom stereocenters. The summed E-state index contributed by atoms with van der Waals surface area (Å²) in [5, 5.41) is 7.11. The van der Waals surface area contributed by atoms with Crippen molar-refractivity contribution in [2.45, 2.75) is 26.2 Å². The van der Waals surface area contributed by atoms with Gasteiger partial charge in [0.05, 0.1) is 17.5 Å². The molecule has 0 radical (unpaired) electrons. The largest absolute Gasteiger partial charge is 0.352 e. The molecule has 26 heavy (non-hydrogen) atoms. The van der Waals surface area contributed by atoms with Gasteiger partial charge in [-0.3, -0.25) is 4.79 Å². The first kappa shape index (κ1) is 17.9. The first-order valence-corrected chi connectivity index (χ1v) is 8.70. The molecule has 134 valence electrons. The van der Waals surface area contributed by atoms with Gasteiger partial charge in [-0.15, -0.1) is 0 Å². The number of para-hydroxylation sites is 1. The summed E-state index contributed by atoms with van der Waals surface area (Å²) >= 11 is 0. The van der Waals surface area contributed by atoms with Gasteiger partial charge in [-0.05, 0) is 37.0 Å². The van der Waals surface area contributed by atoms with Gasteiger partial charge >= 0.3 is 0 Å². The minimum absolute atomic E-state index is 0.189. The maximum Gasteiger partial charge on any atom is 0.254 e. The Hall–Kier alpha value is -2.95. The molecule has 4 nitrogen and oxygen atoms in total. The summed E-state index contributed by atoms with van der Waals surface area (Å²) in [5.74, 6) is -0.202. The van der Waals surface area contributed by atoms with Gasteiger partial charge in [0.25, 0.3) is 5.91 Å². The second-order valence-electron chi connectivity index (χ2n) is 6.36. The first-order valence-electron chi connectivity index (χ1n) is 8.70. The van der Waals surface area contributed by atoms with Crippen LogP contribution in [0.3, 0.4) is 0 Å². The van der Waals surface area contributed by atoms with Gasteiger partial charge in [-0.1, -0.05) is 49.4 Å². The monoisotopic (exact) mass is 351 g/mol. The molecular formula is C21H22FN3O. The van der Waals surface area contributed by atoms with E-state index in [0.717, 1.165) is 6.42 Å². The average molecular weight is 351 g/mol. The molecule has 0 saturated heterocycles. The smallest absolute Gasteiger partial charge is 0.254 e. The summed E-state index contributed by atoms with van der Waals surface area (Å²) in [4.78, 5) is 12.5. The highest BCUT2D eigenvalue weighted by atomic mass is 19.1. The number of benzene rings is 2. The van der Waals surface area contributed by atoms with E-state index in [9.17, 15) is 9.18 Å². The number of halogens is 1. The van der Waals surface area contributed by atoms with Crippen LogP contribution in [-0.2, 0) is 0 Å². The van der Waals surface area contributed by atoms with E-state index in [1.807, 2.05) is 18.2 Å². The summed E-state index contributed by atoms with van der Waals surface area (Å²) in [6.07, 6.45) is 2.33. The van der Waals surface area contributed by atoms with E-state index in [-0.39, 0.29) is 11.7 Å². The van der Waals surface area contributed by atoms with E-state index < -0.39 is 0 Å². The zero-order valence-corrected chi connectivity index (χ0v) is 14.9. The molecule has 1 amide bonds. The lowest BCUT2D eigenvalue weighted by atomic mass is 9.98. The average Bonchev–Trinajstić information content (AvgIpc) is 3.04. The van der Waals surface area contributed by atoms with Crippen molar-refractivity contribution in [2.24, 2.45) is 0 Å². The van der Waals surface area contributed by atoms with Crippen molar-refractivity contribution in [3.63, 3.8) is 0 Å². The number of carbonyl (C=O) groups excluding carboxylic acids is 1. The van der Waals surface area contributed by atoms with Gasteiger partial charge in [-0.2, -0.15) is 5.10 Å². The maximum absolute atomic E-state index is 14.0. The fourth-order valence-corrected chi connectivity index (χ4v) is 2.94. The Morgan fingerprint density at radius 3 is 2.58 bits per heavy atom. The van der Waals surface area contributed by atoms with E-state index in [0.29, 0.717) is 29.4 Å².